The Morgan fingerprint density at radius 2 is 1.31 bits per heavy atom. The first-order valence-corrected chi connectivity index (χ1v) is 12.0. The van der Waals surface area contributed by atoms with Gasteiger partial charge in [0.05, 0.1) is 16.8 Å². The van der Waals surface area contributed by atoms with Crippen LogP contribution < -0.4 is 5.32 Å². The smallest absolute Gasteiger partial charge is 0.303 e. The Labute approximate surface area is 190 Å². The highest BCUT2D eigenvalue weighted by molar-refractivity contribution is 5.78. The number of nitro groups is 1. The lowest BCUT2D eigenvalue weighted by Crippen LogP contribution is -2.05. The van der Waals surface area contributed by atoms with E-state index < -0.39 is 4.92 Å². The molecule has 168 valence electrons. The molecule has 5 nitrogen and oxygen atoms in total. The number of hydrogen-bond donors (Lipinski definition) is 1. The third kappa shape index (κ3) is 6.06. The van der Waals surface area contributed by atoms with Crippen molar-refractivity contribution in [1.82, 2.24) is 0 Å². The van der Waals surface area contributed by atoms with Crippen LogP contribution in [0, 0.1) is 10.1 Å². The van der Waals surface area contributed by atoms with Gasteiger partial charge in [0.1, 0.15) is 6.21 Å². The first-order chi connectivity index (χ1) is 15.7. The molecule has 2 aliphatic carbocycles. The Balaban J connectivity index is 1.37. The van der Waals surface area contributed by atoms with Crippen molar-refractivity contribution in [2.75, 3.05) is 5.32 Å². The minimum atomic E-state index is -0.413. The lowest BCUT2D eigenvalue weighted by Gasteiger charge is -2.22. The number of rotatable bonds is 7. The molecule has 0 radical (unpaired) electrons. The molecule has 1 N–H and O–H groups in total. The van der Waals surface area contributed by atoms with Gasteiger partial charge in [-0.2, -0.15) is 0 Å². The summed E-state index contributed by atoms with van der Waals surface area (Å²) in [6.07, 6.45) is 15.7. The first kappa shape index (κ1) is 22.3. The molecular weight excluding hydrogens is 398 g/mol. The number of allylic oxidation sites excluding steroid dienone is 1. The highest BCUT2D eigenvalue weighted by atomic mass is 16.6. The second-order valence-corrected chi connectivity index (χ2v) is 9.11. The van der Waals surface area contributed by atoms with E-state index >= 15 is 0 Å². The van der Waals surface area contributed by atoms with E-state index in [0.29, 0.717) is 11.8 Å². The fourth-order valence-electron chi connectivity index (χ4n) is 4.99. The molecule has 2 aliphatic rings. The van der Waals surface area contributed by atoms with Crippen molar-refractivity contribution in [3.8, 4) is 0 Å². The maximum absolute atomic E-state index is 11.5. The molecule has 5 heteroatoms. The molecule has 2 aromatic carbocycles. The molecule has 0 saturated heterocycles. The number of benzene rings is 2. The average molecular weight is 432 g/mol. The fraction of sp³-hybridized carbons (Fsp3) is 0.444. The number of aliphatic imine (C=N–C) groups is 1. The largest absolute Gasteiger partial charge is 0.356 e. The molecule has 4 rings (SSSR count). The fourth-order valence-corrected chi connectivity index (χ4v) is 4.99. The number of nitrogens with zero attached hydrogens (tertiary/aromatic N) is 2. The average Bonchev–Trinajstić information content (AvgIpc) is 2.85. The van der Waals surface area contributed by atoms with Gasteiger partial charge in [-0.25, -0.2) is 4.99 Å². The van der Waals surface area contributed by atoms with E-state index in [9.17, 15) is 10.1 Å². The standard InChI is InChI=1S/C27H33N3O2/c31-30(32)27(19-28-25-15-11-23(12-16-25)21-7-3-1-4-8-21)20-29-26-17-13-24(14-18-26)22-9-5-2-6-10-22/h11-22,28H,1-10H2. The highest BCUT2D eigenvalue weighted by Crippen LogP contribution is 2.34. The molecule has 0 heterocycles. The van der Waals surface area contributed by atoms with E-state index in [-0.39, 0.29) is 5.70 Å². The van der Waals surface area contributed by atoms with Gasteiger partial charge in [-0.05, 0) is 72.9 Å². The van der Waals surface area contributed by atoms with Gasteiger partial charge in [-0.3, -0.25) is 10.1 Å². The summed E-state index contributed by atoms with van der Waals surface area (Å²) in [6, 6.07) is 16.4. The summed E-state index contributed by atoms with van der Waals surface area (Å²) in [7, 11) is 0. The third-order valence-electron chi connectivity index (χ3n) is 6.90. The van der Waals surface area contributed by atoms with Gasteiger partial charge in [-0.1, -0.05) is 62.8 Å². The van der Waals surface area contributed by atoms with Gasteiger partial charge in [0, 0.05) is 5.69 Å². The number of anilines is 1. The normalized spacial score (nSPS) is 18.7. The summed E-state index contributed by atoms with van der Waals surface area (Å²) in [5.41, 5.74) is 4.22. The maximum atomic E-state index is 11.5. The van der Waals surface area contributed by atoms with Crippen molar-refractivity contribution in [3.05, 3.63) is 81.7 Å². The zero-order valence-corrected chi connectivity index (χ0v) is 18.7. The Morgan fingerprint density at radius 1 is 0.812 bits per heavy atom. The maximum Gasteiger partial charge on any atom is 0.303 e. The van der Waals surface area contributed by atoms with E-state index in [2.05, 4.69) is 34.6 Å². The van der Waals surface area contributed by atoms with Crippen LogP contribution in [-0.2, 0) is 0 Å². The summed E-state index contributed by atoms with van der Waals surface area (Å²) in [6.45, 7) is 0. The Bertz CT molecular complexity index is 936. The minimum Gasteiger partial charge on any atom is -0.356 e. The molecule has 0 unspecified atom stereocenters. The van der Waals surface area contributed by atoms with E-state index in [1.807, 2.05) is 24.3 Å². The van der Waals surface area contributed by atoms with E-state index in [1.54, 1.807) is 0 Å². The summed E-state index contributed by atoms with van der Waals surface area (Å²) in [5.74, 6) is 1.30. The lowest BCUT2D eigenvalue weighted by atomic mass is 9.84. The second kappa shape index (κ2) is 11.1. The van der Waals surface area contributed by atoms with Crippen molar-refractivity contribution in [3.63, 3.8) is 0 Å². The van der Waals surface area contributed by atoms with E-state index in [4.69, 9.17) is 0 Å². The van der Waals surface area contributed by atoms with Crippen LogP contribution in [0.5, 0.6) is 0 Å². The lowest BCUT2D eigenvalue weighted by molar-refractivity contribution is -0.414. The molecule has 0 atom stereocenters. The van der Waals surface area contributed by atoms with Crippen LogP contribution in [0.4, 0.5) is 11.4 Å². The van der Waals surface area contributed by atoms with Crippen LogP contribution in [0.15, 0.2) is 65.4 Å². The summed E-state index contributed by atoms with van der Waals surface area (Å²) in [5, 5.41) is 14.5. The molecule has 2 saturated carbocycles. The molecule has 0 spiro atoms. The van der Waals surface area contributed by atoms with Crippen LogP contribution in [0.25, 0.3) is 0 Å². The van der Waals surface area contributed by atoms with Crippen molar-refractivity contribution >= 4 is 17.6 Å². The molecule has 0 aliphatic heterocycles. The molecule has 0 bridgehead atoms. The topological polar surface area (TPSA) is 67.5 Å². The summed E-state index contributed by atoms with van der Waals surface area (Å²) in [4.78, 5) is 15.4. The molecule has 2 aromatic rings. The predicted molar refractivity (Wildman–Crippen MR) is 131 cm³/mol. The molecule has 0 amide bonds. The van der Waals surface area contributed by atoms with Crippen LogP contribution in [0.3, 0.4) is 0 Å². The van der Waals surface area contributed by atoms with E-state index in [0.717, 1.165) is 11.4 Å². The van der Waals surface area contributed by atoms with Crippen LogP contribution in [0.1, 0.15) is 87.2 Å². The van der Waals surface area contributed by atoms with Crippen LogP contribution in [-0.4, -0.2) is 11.1 Å². The third-order valence-corrected chi connectivity index (χ3v) is 6.90. The number of nitrogens with one attached hydrogen (secondary N) is 1. The Kier molecular flexibility index (Phi) is 7.70. The summed E-state index contributed by atoms with van der Waals surface area (Å²) >= 11 is 0. The SMILES string of the molecule is O=[N+]([O-])C(C=Nc1ccc(C2CCCCC2)cc1)=CNc1ccc(C2CCCCC2)cc1. The number of hydrogen-bond acceptors (Lipinski definition) is 4. The zero-order chi connectivity index (χ0) is 22.2. The Morgan fingerprint density at radius 3 is 1.81 bits per heavy atom. The van der Waals surface area contributed by atoms with Crippen molar-refractivity contribution in [1.29, 1.82) is 0 Å². The minimum absolute atomic E-state index is 0.0716. The molecule has 0 aromatic heterocycles. The van der Waals surface area contributed by atoms with Crippen LogP contribution in [0.2, 0.25) is 0 Å². The van der Waals surface area contributed by atoms with Gasteiger partial charge in [0.2, 0.25) is 0 Å². The highest BCUT2D eigenvalue weighted by Gasteiger charge is 2.16. The predicted octanol–water partition coefficient (Wildman–Crippen LogP) is 7.71. The monoisotopic (exact) mass is 431 g/mol. The second-order valence-electron chi connectivity index (χ2n) is 9.11. The van der Waals surface area contributed by atoms with E-state index in [1.165, 1.54) is 87.7 Å². The van der Waals surface area contributed by atoms with Gasteiger partial charge in [-0.15, -0.1) is 0 Å². The van der Waals surface area contributed by atoms with Gasteiger partial charge in [0.15, 0.2) is 0 Å². The quantitative estimate of drug-likeness (QED) is 0.277. The summed E-state index contributed by atoms with van der Waals surface area (Å²) < 4.78 is 0. The van der Waals surface area contributed by atoms with Crippen molar-refractivity contribution in [2.45, 2.75) is 76.0 Å². The molecular formula is C27H33N3O2. The van der Waals surface area contributed by atoms with Gasteiger partial charge in [0.25, 0.3) is 0 Å². The van der Waals surface area contributed by atoms with Crippen molar-refractivity contribution in [2.24, 2.45) is 4.99 Å². The Hall–Kier alpha value is -2.95. The first-order valence-electron chi connectivity index (χ1n) is 12.0. The van der Waals surface area contributed by atoms with Crippen molar-refractivity contribution < 1.29 is 4.92 Å². The van der Waals surface area contributed by atoms with Gasteiger partial charge >= 0.3 is 5.70 Å². The van der Waals surface area contributed by atoms with Gasteiger partial charge < -0.3 is 5.32 Å². The molecule has 32 heavy (non-hydrogen) atoms. The zero-order valence-electron chi connectivity index (χ0n) is 18.7. The molecule has 2 fully saturated rings. The van der Waals surface area contributed by atoms with Crippen LogP contribution >= 0.6 is 0 Å².